The summed E-state index contributed by atoms with van der Waals surface area (Å²) in [6, 6.07) is 3.10. The van der Waals surface area contributed by atoms with E-state index < -0.39 is 11.6 Å². The second-order valence-electron chi connectivity index (χ2n) is 7.59. The van der Waals surface area contributed by atoms with E-state index in [0.29, 0.717) is 34.5 Å². The Balaban J connectivity index is 1.86. The molecule has 7 nitrogen and oxygen atoms in total. The second kappa shape index (κ2) is 9.41. The summed E-state index contributed by atoms with van der Waals surface area (Å²) in [5, 5.41) is 4.57. The minimum Gasteiger partial charge on any atom is -0.494 e. The number of thioether (sulfide) groups is 1. The highest BCUT2D eigenvalue weighted by Crippen LogP contribution is 2.38. The Bertz CT molecular complexity index is 1120. The normalized spacial score (nSPS) is 16.5. The Morgan fingerprint density at radius 1 is 1.16 bits per heavy atom. The molecule has 3 heterocycles. The van der Waals surface area contributed by atoms with Crippen molar-refractivity contribution in [2.24, 2.45) is 0 Å². The minimum atomic E-state index is -0.847. The standard InChI is InChI=1S/C22H25F2N5O2S/c1-29-7-5-6-13(29)11-25-21-20-12(10-26-22(28-20)32-4)8-14(27-21)17-18(23)15(30-2)9-16(31-3)19(17)24/h8-10,13H,5-7,11H2,1-4H3,(H,25,27). The van der Waals surface area contributed by atoms with Gasteiger partial charge in [-0.15, -0.1) is 0 Å². The zero-order chi connectivity index (χ0) is 22.8. The highest BCUT2D eigenvalue weighted by Gasteiger charge is 2.25. The first kappa shape index (κ1) is 22.5. The van der Waals surface area contributed by atoms with Crippen LogP contribution >= 0.6 is 11.8 Å². The summed E-state index contributed by atoms with van der Waals surface area (Å²) in [6.07, 6.45) is 5.73. The Kier molecular flexibility index (Phi) is 6.61. The number of likely N-dealkylation sites (N-methyl/N-ethyl adjacent to an activating group) is 1. The zero-order valence-corrected chi connectivity index (χ0v) is 19.2. The summed E-state index contributed by atoms with van der Waals surface area (Å²) in [4.78, 5) is 15.8. The van der Waals surface area contributed by atoms with Gasteiger partial charge < -0.3 is 19.7 Å². The number of rotatable bonds is 7. The van der Waals surface area contributed by atoms with Crippen molar-refractivity contribution in [1.29, 1.82) is 0 Å². The summed E-state index contributed by atoms with van der Waals surface area (Å²) in [7, 11) is 4.72. The molecular formula is C22H25F2N5O2S. The topological polar surface area (TPSA) is 72.4 Å². The maximum atomic E-state index is 15.1. The van der Waals surface area contributed by atoms with Crippen LogP contribution in [0.4, 0.5) is 14.6 Å². The van der Waals surface area contributed by atoms with E-state index in [1.165, 1.54) is 32.0 Å². The number of hydrogen-bond donors (Lipinski definition) is 1. The molecule has 3 aromatic rings. The summed E-state index contributed by atoms with van der Waals surface area (Å²) >= 11 is 1.41. The van der Waals surface area contributed by atoms with Crippen LogP contribution in [0.5, 0.6) is 11.5 Å². The van der Waals surface area contributed by atoms with Gasteiger partial charge in [-0.3, -0.25) is 0 Å². The van der Waals surface area contributed by atoms with Crippen molar-refractivity contribution in [2.75, 3.05) is 45.9 Å². The molecule has 1 aromatic carbocycles. The number of likely N-dealkylation sites (tertiary alicyclic amines) is 1. The lowest BCUT2D eigenvalue weighted by atomic mass is 10.1. The predicted molar refractivity (Wildman–Crippen MR) is 122 cm³/mol. The Morgan fingerprint density at radius 3 is 2.47 bits per heavy atom. The average molecular weight is 462 g/mol. The fraction of sp³-hybridized carbons (Fsp3) is 0.409. The number of ether oxygens (including phenoxy) is 2. The van der Waals surface area contributed by atoms with Crippen LogP contribution in [0.3, 0.4) is 0 Å². The number of methoxy groups -OCH3 is 2. The molecule has 0 radical (unpaired) electrons. The maximum absolute atomic E-state index is 15.1. The Hall–Kier alpha value is -2.72. The van der Waals surface area contributed by atoms with Crippen molar-refractivity contribution in [3.05, 3.63) is 30.0 Å². The number of hydrogen-bond acceptors (Lipinski definition) is 8. The fourth-order valence-electron chi connectivity index (χ4n) is 3.94. The number of benzene rings is 1. The van der Waals surface area contributed by atoms with Gasteiger partial charge in [-0.25, -0.2) is 23.7 Å². The third-order valence-electron chi connectivity index (χ3n) is 5.73. The highest BCUT2D eigenvalue weighted by molar-refractivity contribution is 7.98. The van der Waals surface area contributed by atoms with Crippen LogP contribution in [-0.2, 0) is 0 Å². The minimum absolute atomic E-state index is 0.104. The molecule has 1 unspecified atom stereocenters. The summed E-state index contributed by atoms with van der Waals surface area (Å²) in [5.74, 6) is -1.50. The molecule has 0 bridgehead atoms. The average Bonchev–Trinajstić information content (AvgIpc) is 3.22. The number of nitrogens with one attached hydrogen (secondary N) is 1. The monoisotopic (exact) mass is 461 g/mol. The van der Waals surface area contributed by atoms with Gasteiger partial charge in [-0.1, -0.05) is 11.8 Å². The van der Waals surface area contributed by atoms with E-state index in [4.69, 9.17) is 9.47 Å². The van der Waals surface area contributed by atoms with Gasteiger partial charge in [-0.05, 0) is 38.8 Å². The third kappa shape index (κ3) is 4.16. The SMILES string of the molecule is COc1cc(OC)c(F)c(-c2cc3cnc(SC)nc3c(NCC3CCCN3C)n2)c1F. The molecule has 0 aliphatic carbocycles. The summed E-state index contributed by atoms with van der Waals surface area (Å²) in [6.45, 7) is 1.69. The van der Waals surface area contributed by atoms with Crippen molar-refractivity contribution in [3.8, 4) is 22.8 Å². The van der Waals surface area contributed by atoms with Crippen LogP contribution in [0.15, 0.2) is 23.5 Å². The third-order valence-corrected chi connectivity index (χ3v) is 6.29. The first-order valence-corrected chi connectivity index (χ1v) is 11.5. The molecule has 4 rings (SSSR count). The van der Waals surface area contributed by atoms with Gasteiger partial charge in [0.15, 0.2) is 34.1 Å². The van der Waals surface area contributed by atoms with Crippen molar-refractivity contribution in [1.82, 2.24) is 19.9 Å². The molecule has 1 atom stereocenters. The largest absolute Gasteiger partial charge is 0.494 e. The number of halogens is 2. The number of pyridine rings is 1. The molecule has 170 valence electrons. The van der Waals surface area contributed by atoms with E-state index in [2.05, 4.69) is 32.2 Å². The molecule has 0 amide bonds. The van der Waals surface area contributed by atoms with Crippen LogP contribution in [0, 0.1) is 11.6 Å². The molecule has 2 aromatic heterocycles. The van der Waals surface area contributed by atoms with Crippen LogP contribution < -0.4 is 14.8 Å². The Morgan fingerprint density at radius 2 is 1.88 bits per heavy atom. The molecule has 0 saturated carbocycles. The first-order chi connectivity index (χ1) is 15.5. The van der Waals surface area contributed by atoms with Gasteiger partial charge in [0.2, 0.25) is 0 Å². The van der Waals surface area contributed by atoms with Gasteiger partial charge >= 0.3 is 0 Å². The van der Waals surface area contributed by atoms with Gasteiger partial charge in [-0.2, -0.15) is 0 Å². The molecule has 1 aliphatic rings. The molecule has 10 heteroatoms. The number of anilines is 1. The molecule has 32 heavy (non-hydrogen) atoms. The number of aromatic nitrogens is 3. The van der Waals surface area contributed by atoms with Crippen molar-refractivity contribution < 1.29 is 18.3 Å². The van der Waals surface area contributed by atoms with E-state index in [1.807, 2.05) is 6.26 Å². The lowest BCUT2D eigenvalue weighted by Gasteiger charge is -2.21. The van der Waals surface area contributed by atoms with Gasteiger partial charge in [0.1, 0.15) is 5.52 Å². The molecule has 1 N–H and O–H groups in total. The summed E-state index contributed by atoms with van der Waals surface area (Å²) in [5.41, 5.74) is 0.384. The predicted octanol–water partition coefficient (Wildman–Crippen LogP) is 4.22. The molecule has 1 aliphatic heterocycles. The highest BCUT2D eigenvalue weighted by atomic mass is 32.2. The fourth-order valence-corrected chi connectivity index (χ4v) is 4.28. The lowest BCUT2D eigenvalue weighted by molar-refractivity contribution is 0.322. The zero-order valence-electron chi connectivity index (χ0n) is 18.4. The molecular weight excluding hydrogens is 436 g/mol. The van der Waals surface area contributed by atoms with Crippen molar-refractivity contribution in [2.45, 2.75) is 24.0 Å². The number of fused-ring (bicyclic) bond motifs is 1. The van der Waals surface area contributed by atoms with E-state index in [0.717, 1.165) is 19.4 Å². The van der Waals surface area contributed by atoms with E-state index in [9.17, 15) is 0 Å². The van der Waals surface area contributed by atoms with E-state index in [-0.39, 0.29) is 22.8 Å². The van der Waals surface area contributed by atoms with Gasteiger partial charge in [0.25, 0.3) is 0 Å². The molecule has 0 spiro atoms. The van der Waals surface area contributed by atoms with E-state index in [1.54, 1.807) is 12.3 Å². The maximum Gasteiger partial charge on any atom is 0.187 e. The van der Waals surface area contributed by atoms with Crippen LogP contribution in [-0.4, -0.2) is 66.5 Å². The van der Waals surface area contributed by atoms with Crippen LogP contribution in [0.25, 0.3) is 22.2 Å². The van der Waals surface area contributed by atoms with Gasteiger partial charge in [0.05, 0.1) is 25.5 Å². The molecule has 1 saturated heterocycles. The van der Waals surface area contributed by atoms with Crippen molar-refractivity contribution in [3.63, 3.8) is 0 Å². The Labute approximate surface area is 189 Å². The van der Waals surface area contributed by atoms with E-state index >= 15 is 8.78 Å². The molecule has 1 fully saturated rings. The van der Waals surface area contributed by atoms with Crippen LogP contribution in [0.1, 0.15) is 12.8 Å². The first-order valence-electron chi connectivity index (χ1n) is 10.2. The summed E-state index contributed by atoms with van der Waals surface area (Å²) < 4.78 is 40.5. The van der Waals surface area contributed by atoms with Crippen molar-refractivity contribution >= 4 is 28.5 Å². The lowest BCUT2D eigenvalue weighted by Crippen LogP contribution is -2.31. The second-order valence-corrected chi connectivity index (χ2v) is 8.37. The van der Waals surface area contributed by atoms with Crippen LogP contribution in [0.2, 0.25) is 0 Å². The smallest absolute Gasteiger partial charge is 0.187 e. The van der Waals surface area contributed by atoms with Gasteiger partial charge in [0, 0.05) is 30.2 Å². The quantitative estimate of drug-likeness (QED) is 0.414. The number of nitrogens with zero attached hydrogens (tertiary/aromatic N) is 4.